The molecule has 1 aromatic rings. The van der Waals surface area contributed by atoms with E-state index in [1.165, 1.54) is 0 Å². The molecule has 2 N–H and O–H groups in total. The normalized spacial score (nSPS) is 14.6. The van der Waals surface area contributed by atoms with Gasteiger partial charge in [0.2, 0.25) is 12.3 Å². The predicted octanol–water partition coefficient (Wildman–Crippen LogP) is 1.90. The highest BCUT2D eigenvalue weighted by Crippen LogP contribution is 2.31. The van der Waals surface area contributed by atoms with Gasteiger partial charge in [-0.15, -0.1) is 0 Å². The van der Waals surface area contributed by atoms with Gasteiger partial charge in [-0.3, -0.25) is 19.7 Å². The lowest BCUT2D eigenvalue weighted by atomic mass is 10.1. The van der Waals surface area contributed by atoms with Crippen LogP contribution in [-0.4, -0.2) is 35.2 Å². The molecule has 3 amide bonds. The van der Waals surface area contributed by atoms with Crippen LogP contribution in [-0.2, 0) is 16.1 Å². The molecule has 0 aliphatic carbocycles. The zero-order valence-corrected chi connectivity index (χ0v) is 13.8. The maximum atomic E-state index is 12.7. The molecule has 6 nitrogen and oxygen atoms in total. The average molecular weight is 317 g/mol. The predicted molar refractivity (Wildman–Crippen MR) is 88.0 cm³/mol. The van der Waals surface area contributed by atoms with E-state index in [1.807, 2.05) is 39.0 Å². The number of hydrogen-bond donors (Lipinski definition) is 2. The second-order valence-electron chi connectivity index (χ2n) is 6.14. The molecule has 2 rings (SSSR count). The van der Waals surface area contributed by atoms with Crippen LogP contribution in [0.3, 0.4) is 0 Å². The molecule has 0 radical (unpaired) electrons. The number of nitrogens with one attached hydrogen (secondary N) is 2. The SMILES string of the molecule is CC(C)Nc1cccc2c1C(=O)N(C(C)CCC(=O)NC=O)C2. The number of carbonyl (C=O) groups excluding carboxylic acids is 3. The molecule has 0 bridgehead atoms. The van der Waals surface area contributed by atoms with Crippen molar-refractivity contribution in [1.82, 2.24) is 10.2 Å². The minimum atomic E-state index is -0.321. The molecule has 0 spiro atoms. The van der Waals surface area contributed by atoms with Crippen LogP contribution in [0, 0.1) is 0 Å². The van der Waals surface area contributed by atoms with Gasteiger partial charge in [0.1, 0.15) is 0 Å². The highest BCUT2D eigenvalue weighted by atomic mass is 16.2. The Morgan fingerprint density at radius 1 is 1.35 bits per heavy atom. The molecule has 0 fully saturated rings. The van der Waals surface area contributed by atoms with Crippen molar-refractivity contribution in [3.05, 3.63) is 29.3 Å². The van der Waals surface area contributed by atoms with Crippen molar-refractivity contribution in [2.24, 2.45) is 0 Å². The standard InChI is InChI=1S/C17H23N3O3/c1-11(2)19-14-6-4-5-13-9-20(17(23)16(13)14)12(3)7-8-15(22)18-10-21/h4-6,10-12,19H,7-9H2,1-3H3,(H,18,21,22). The van der Waals surface area contributed by atoms with Crippen molar-refractivity contribution in [3.8, 4) is 0 Å². The van der Waals surface area contributed by atoms with Gasteiger partial charge in [0.15, 0.2) is 0 Å². The largest absolute Gasteiger partial charge is 0.382 e. The summed E-state index contributed by atoms with van der Waals surface area (Å²) in [6, 6.07) is 6.00. The van der Waals surface area contributed by atoms with Crippen molar-refractivity contribution in [2.45, 2.75) is 52.2 Å². The van der Waals surface area contributed by atoms with E-state index in [-0.39, 0.29) is 30.3 Å². The Labute approximate surface area is 136 Å². The van der Waals surface area contributed by atoms with Crippen molar-refractivity contribution in [1.29, 1.82) is 0 Å². The molecule has 1 unspecified atom stereocenters. The van der Waals surface area contributed by atoms with Crippen LogP contribution >= 0.6 is 0 Å². The first kappa shape index (κ1) is 17.0. The van der Waals surface area contributed by atoms with Gasteiger partial charge < -0.3 is 10.2 Å². The third kappa shape index (κ3) is 3.88. The summed E-state index contributed by atoms with van der Waals surface area (Å²) in [4.78, 5) is 36.1. The topological polar surface area (TPSA) is 78.5 Å². The summed E-state index contributed by atoms with van der Waals surface area (Å²) in [6.07, 6.45) is 1.12. The summed E-state index contributed by atoms with van der Waals surface area (Å²) in [6.45, 7) is 6.54. The molecule has 1 aliphatic rings. The van der Waals surface area contributed by atoms with Gasteiger partial charge in [0.25, 0.3) is 5.91 Å². The fourth-order valence-electron chi connectivity index (χ4n) is 2.80. The van der Waals surface area contributed by atoms with Crippen molar-refractivity contribution in [2.75, 3.05) is 5.32 Å². The minimum absolute atomic E-state index is 0.00737. The fourth-order valence-corrected chi connectivity index (χ4v) is 2.80. The average Bonchev–Trinajstić information content (AvgIpc) is 2.83. The Hall–Kier alpha value is -2.37. The number of rotatable bonds is 7. The van der Waals surface area contributed by atoms with E-state index in [4.69, 9.17) is 0 Å². The van der Waals surface area contributed by atoms with Crippen LogP contribution < -0.4 is 10.6 Å². The highest BCUT2D eigenvalue weighted by Gasteiger charge is 2.32. The monoisotopic (exact) mass is 317 g/mol. The molecule has 6 heteroatoms. The first-order valence-corrected chi connectivity index (χ1v) is 7.86. The Bertz CT molecular complexity index is 613. The second-order valence-corrected chi connectivity index (χ2v) is 6.14. The van der Waals surface area contributed by atoms with E-state index in [0.717, 1.165) is 16.8 Å². The number of amides is 3. The number of carbonyl (C=O) groups is 3. The number of benzene rings is 1. The maximum absolute atomic E-state index is 12.7. The van der Waals surface area contributed by atoms with E-state index >= 15 is 0 Å². The fraction of sp³-hybridized carbons (Fsp3) is 0.471. The number of anilines is 1. The number of imide groups is 1. The molecule has 0 saturated carbocycles. The van der Waals surface area contributed by atoms with Crippen LogP contribution in [0.1, 0.15) is 49.5 Å². The lowest BCUT2D eigenvalue weighted by Gasteiger charge is -2.24. The zero-order chi connectivity index (χ0) is 17.0. The summed E-state index contributed by atoms with van der Waals surface area (Å²) in [7, 11) is 0. The first-order chi connectivity index (χ1) is 10.9. The molecule has 1 aromatic carbocycles. The van der Waals surface area contributed by atoms with Crippen LogP contribution in [0.15, 0.2) is 18.2 Å². The number of hydrogen-bond acceptors (Lipinski definition) is 4. The van der Waals surface area contributed by atoms with Crippen LogP contribution in [0.4, 0.5) is 5.69 Å². The van der Waals surface area contributed by atoms with E-state index in [0.29, 0.717) is 19.4 Å². The van der Waals surface area contributed by atoms with E-state index < -0.39 is 0 Å². The molecule has 1 heterocycles. The summed E-state index contributed by atoms with van der Waals surface area (Å²) in [5.74, 6) is -0.329. The molecule has 23 heavy (non-hydrogen) atoms. The molecule has 1 atom stereocenters. The van der Waals surface area contributed by atoms with Crippen LogP contribution in [0.2, 0.25) is 0 Å². The second kappa shape index (κ2) is 7.26. The Morgan fingerprint density at radius 3 is 2.74 bits per heavy atom. The van der Waals surface area contributed by atoms with Gasteiger partial charge in [-0.25, -0.2) is 0 Å². The van der Waals surface area contributed by atoms with Gasteiger partial charge in [0.05, 0.1) is 5.56 Å². The van der Waals surface area contributed by atoms with Crippen molar-refractivity contribution >= 4 is 23.9 Å². The Balaban J connectivity index is 2.08. The quantitative estimate of drug-likeness (QED) is 0.753. The molecular weight excluding hydrogens is 294 g/mol. The summed E-state index contributed by atoms with van der Waals surface area (Å²) in [5, 5.41) is 5.43. The smallest absolute Gasteiger partial charge is 0.256 e. The number of nitrogens with zero attached hydrogens (tertiary/aromatic N) is 1. The third-order valence-corrected chi connectivity index (χ3v) is 3.95. The molecular formula is C17H23N3O3. The van der Waals surface area contributed by atoms with E-state index in [1.54, 1.807) is 4.90 Å². The lowest BCUT2D eigenvalue weighted by molar-refractivity contribution is -0.125. The van der Waals surface area contributed by atoms with Crippen LogP contribution in [0.25, 0.3) is 0 Å². The molecule has 0 aromatic heterocycles. The highest BCUT2D eigenvalue weighted by molar-refractivity contribution is 6.03. The molecule has 0 saturated heterocycles. The van der Waals surface area contributed by atoms with Gasteiger partial charge in [-0.1, -0.05) is 12.1 Å². The summed E-state index contributed by atoms with van der Waals surface area (Å²) < 4.78 is 0. The van der Waals surface area contributed by atoms with Crippen LogP contribution in [0.5, 0.6) is 0 Å². The van der Waals surface area contributed by atoms with Crippen molar-refractivity contribution < 1.29 is 14.4 Å². The lowest BCUT2D eigenvalue weighted by Crippen LogP contribution is -2.34. The maximum Gasteiger partial charge on any atom is 0.256 e. The molecule has 1 aliphatic heterocycles. The van der Waals surface area contributed by atoms with Gasteiger partial charge >= 0.3 is 0 Å². The van der Waals surface area contributed by atoms with Gasteiger partial charge in [-0.2, -0.15) is 0 Å². The minimum Gasteiger partial charge on any atom is -0.382 e. The van der Waals surface area contributed by atoms with E-state index in [9.17, 15) is 14.4 Å². The first-order valence-electron chi connectivity index (χ1n) is 7.86. The molecule has 124 valence electrons. The Kier molecular flexibility index (Phi) is 5.36. The zero-order valence-electron chi connectivity index (χ0n) is 13.8. The number of fused-ring (bicyclic) bond motifs is 1. The van der Waals surface area contributed by atoms with Gasteiger partial charge in [-0.05, 0) is 38.8 Å². The van der Waals surface area contributed by atoms with Gasteiger partial charge in [0, 0.05) is 30.7 Å². The third-order valence-electron chi connectivity index (χ3n) is 3.95. The summed E-state index contributed by atoms with van der Waals surface area (Å²) >= 11 is 0. The van der Waals surface area contributed by atoms with E-state index in [2.05, 4.69) is 10.6 Å². The Morgan fingerprint density at radius 2 is 2.09 bits per heavy atom. The summed E-state index contributed by atoms with van der Waals surface area (Å²) in [5.41, 5.74) is 2.59. The van der Waals surface area contributed by atoms with Crippen molar-refractivity contribution in [3.63, 3.8) is 0 Å².